The number of aryl methyl sites for hydroxylation is 1. The predicted octanol–water partition coefficient (Wildman–Crippen LogP) is 0.281. The fourth-order valence-electron chi connectivity index (χ4n) is 1.98. The zero-order valence-corrected chi connectivity index (χ0v) is 9.89. The van der Waals surface area contributed by atoms with Gasteiger partial charge in [-0.15, -0.1) is 0 Å². The normalized spacial score (nSPS) is 15.4. The Balaban J connectivity index is 2.27. The summed E-state index contributed by atoms with van der Waals surface area (Å²) >= 11 is 0. The lowest BCUT2D eigenvalue weighted by molar-refractivity contribution is -0.128. The molecule has 1 fully saturated rings. The van der Waals surface area contributed by atoms with Gasteiger partial charge in [0, 0.05) is 12.1 Å². The van der Waals surface area contributed by atoms with Crippen molar-refractivity contribution in [2.24, 2.45) is 0 Å². The molecular weight excluding hydrogens is 232 g/mol. The number of nitrogens with zero attached hydrogens (tertiary/aromatic N) is 1. The number of carbonyl (C=O) groups excluding carboxylic acids is 3. The smallest absolute Gasteiger partial charge is 0.246 e. The van der Waals surface area contributed by atoms with Gasteiger partial charge < -0.3 is 15.0 Å². The standard InChI is InChI=1S/C13H14N2O3/c16-7-3-5-10-4-1-2-6-11(10)15-9-12(17)14-8-13(15)18/h1-2,4,6-7H,3,5,8-9H2,(H,14,17). The molecule has 5 heteroatoms. The SMILES string of the molecule is O=CCCc1ccccc1N1CC(=O)NCC1=O. The molecule has 0 aromatic heterocycles. The van der Waals surface area contributed by atoms with Gasteiger partial charge in [0.2, 0.25) is 11.8 Å². The van der Waals surface area contributed by atoms with E-state index in [1.54, 1.807) is 6.07 Å². The first-order valence-corrected chi connectivity index (χ1v) is 5.81. The van der Waals surface area contributed by atoms with Crippen LogP contribution >= 0.6 is 0 Å². The van der Waals surface area contributed by atoms with Crippen molar-refractivity contribution in [1.29, 1.82) is 0 Å². The minimum atomic E-state index is -0.167. The van der Waals surface area contributed by atoms with Crippen LogP contribution in [0, 0.1) is 0 Å². The van der Waals surface area contributed by atoms with E-state index in [-0.39, 0.29) is 24.9 Å². The van der Waals surface area contributed by atoms with Gasteiger partial charge in [0.15, 0.2) is 0 Å². The number of para-hydroxylation sites is 1. The Morgan fingerprint density at radius 3 is 2.83 bits per heavy atom. The van der Waals surface area contributed by atoms with Gasteiger partial charge in [-0.25, -0.2) is 0 Å². The van der Waals surface area contributed by atoms with Crippen LogP contribution in [0.2, 0.25) is 0 Å². The average molecular weight is 246 g/mol. The van der Waals surface area contributed by atoms with Crippen LogP contribution in [0.4, 0.5) is 5.69 Å². The van der Waals surface area contributed by atoms with E-state index in [0.29, 0.717) is 12.8 Å². The number of anilines is 1. The molecule has 94 valence electrons. The van der Waals surface area contributed by atoms with Gasteiger partial charge in [-0.2, -0.15) is 0 Å². The number of carbonyl (C=O) groups is 3. The van der Waals surface area contributed by atoms with Gasteiger partial charge in [0.05, 0.1) is 6.54 Å². The molecule has 0 saturated carbocycles. The predicted molar refractivity (Wildman–Crippen MR) is 66.2 cm³/mol. The van der Waals surface area contributed by atoms with Gasteiger partial charge in [-0.05, 0) is 18.1 Å². The quantitative estimate of drug-likeness (QED) is 0.776. The number of amides is 2. The third-order valence-corrected chi connectivity index (χ3v) is 2.85. The van der Waals surface area contributed by atoms with Crippen molar-refractivity contribution in [3.8, 4) is 0 Å². The van der Waals surface area contributed by atoms with Crippen molar-refractivity contribution in [2.75, 3.05) is 18.0 Å². The van der Waals surface area contributed by atoms with E-state index in [9.17, 15) is 14.4 Å². The van der Waals surface area contributed by atoms with Crippen LogP contribution in [0.1, 0.15) is 12.0 Å². The summed E-state index contributed by atoms with van der Waals surface area (Å²) in [6.07, 6.45) is 1.83. The molecule has 0 radical (unpaired) electrons. The van der Waals surface area contributed by atoms with Crippen molar-refractivity contribution >= 4 is 23.8 Å². The van der Waals surface area contributed by atoms with E-state index >= 15 is 0 Å². The second-order valence-electron chi connectivity index (χ2n) is 4.09. The summed E-state index contributed by atoms with van der Waals surface area (Å²) in [5.74, 6) is -0.298. The highest BCUT2D eigenvalue weighted by molar-refractivity contribution is 6.04. The number of hydrogen-bond acceptors (Lipinski definition) is 3. The Morgan fingerprint density at radius 2 is 2.06 bits per heavy atom. The molecule has 1 aliphatic rings. The molecule has 1 N–H and O–H groups in total. The van der Waals surface area contributed by atoms with Gasteiger partial charge >= 0.3 is 0 Å². The Morgan fingerprint density at radius 1 is 1.28 bits per heavy atom. The molecule has 0 bridgehead atoms. The van der Waals surface area contributed by atoms with Crippen LogP contribution in [0.5, 0.6) is 0 Å². The Labute approximate surface area is 105 Å². The van der Waals surface area contributed by atoms with Gasteiger partial charge in [-0.1, -0.05) is 18.2 Å². The van der Waals surface area contributed by atoms with Crippen molar-refractivity contribution in [3.63, 3.8) is 0 Å². The van der Waals surface area contributed by atoms with E-state index in [1.165, 1.54) is 4.90 Å². The first-order valence-electron chi connectivity index (χ1n) is 5.81. The van der Waals surface area contributed by atoms with Crippen LogP contribution in [0.25, 0.3) is 0 Å². The van der Waals surface area contributed by atoms with Gasteiger partial charge in [0.1, 0.15) is 12.8 Å². The fourth-order valence-corrected chi connectivity index (χ4v) is 1.98. The molecule has 1 saturated heterocycles. The highest BCUT2D eigenvalue weighted by Crippen LogP contribution is 2.22. The van der Waals surface area contributed by atoms with Gasteiger partial charge in [0.25, 0.3) is 0 Å². The Kier molecular flexibility index (Phi) is 3.72. The number of aldehydes is 1. The summed E-state index contributed by atoms with van der Waals surface area (Å²) in [5.41, 5.74) is 1.63. The summed E-state index contributed by atoms with van der Waals surface area (Å²) in [4.78, 5) is 35.1. The van der Waals surface area contributed by atoms with Crippen molar-refractivity contribution < 1.29 is 14.4 Å². The molecule has 0 unspecified atom stereocenters. The highest BCUT2D eigenvalue weighted by Gasteiger charge is 2.25. The van der Waals surface area contributed by atoms with Crippen LogP contribution in [-0.4, -0.2) is 31.2 Å². The molecule has 0 aliphatic carbocycles. The van der Waals surface area contributed by atoms with Gasteiger partial charge in [-0.3, -0.25) is 9.59 Å². The summed E-state index contributed by atoms with van der Waals surface area (Å²) in [7, 11) is 0. The molecule has 5 nitrogen and oxygen atoms in total. The summed E-state index contributed by atoms with van der Waals surface area (Å²) < 4.78 is 0. The Hall–Kier alpha value is -2.17. The summed E-state index contributed by atoms with van der Waals surface area (Å²) in [6, 6.07) is 7.35. The maximum absolute atomic E-state index is 11.8. The lowest BCUT2D eigenvalue weighted by Crippen LogP contribution is -2.52. The first-order chi connectivity index (χ1) is 8.72. The van der Waals surface area contributed by atoms with Crippen LogP contribution in [-0.2, 0) is 20.8 Å². The number of piperazine rings is 1. The average Bonchev–Trinajstić information content (AvgIpc) is 2.39. The minimum Gasteiger partial charge on any atom is -0.345 e. The Bertz CT molecular complexity index is 485. The zero-order chi connectivity index (χ0) is 13.0. The summed E-state index contributed by atoms with van der Waals surface area (Å²) in [5, 5.41) is 2.51. The van der Waals surface area contributed by atoms with E-state index in [2.05, 4.69) is 5.32 Å². The van der Waals surface area contributed by atoms with Crippen LogP contribution < -0.4 is 10.2 Å². The van der Waals surface area contributed by atoms with E-state index in [4.69, 9.17) is 0 Å². The third-order valence-electron chi connectivity index (χ3n) is 2.85. The molecule has 0 spiro atoms. The molecule has 2 amide bonds. The number of rotatable bonds is 4. The lowest BCUT2D eigenvalue weighted by Gasteiger charge is -2.28. The van der Waals surface area contributed by atoms with E-state index < -0.39 is 0 Å². The van der Waals surface area contributed by atoms with E-state index in [0.717, 1.165) is 17.5 Å². The summed E-state index contributed by atoms with van der Waals surface area (Å²) in [6.45, 7) is 0.0672. The largest absolute Gasteiger partial charge is 0.345 e. The molecule has 1 heterocycles. The highest BCUT2D eigenvalue weighted by atomic mass is 16.2. The molecule has 18 heavy (non-hydrogen) atoms. The molecular formula is C13H14N2O3. The molecule has 1 aliphatic heterocycles. The van der Waals surface area contributed by atoms with Crippen LogP contribution in [0.3, 0.4) is 0 Å². The third kappa shape index (κ3) is 2.56. The maximum Gasteiger partial charge on any atom is 0.246 e. The molecule has 0 atom stereocenters. The number of nitrogens with one attached hydrogen (secondary N) is 1. The molecule has 2 rings (SSSR count). The zero-order valence-electron chi connectivity index (χ0n) is 9.89. The van der Waals surface area contributed by atoms with Crippen molar-refractivity contribution in [2.45, 2.75) is 12.8 Å². The maximum atomic E-state index is 11.8. The topological polar surface area (TPSA) is 66.5 Å². The second-order valence-corrected chi connectivity index (χ2v) is 4.09. The van der Waals surface area contributed by atoms with E-state index in [1.807, 2.05) is 18.2 Å². The number of benzene rings is 1. The minimum absolute atomic E-state index is 0.0286. The molecule has 1 aromatic rings. The number of hydrogen-bond donors (Lipinski definition) is 1. The first kappa shape index (κ1) is 12.3. The monoisotopic (exact) mass is 246 g/mol. The van der Waals surface area contributed by atoms with Crippen molar-refractivity contribution in [1.82, 2.24) is 5.32 Å². The van der Waals surface area contributed by atoms with Crippen molar-refractivity contribution in [3.05, 3.63) is 29.8 Å². The molecule has 1 aromatic carbocycles. The second kappa shape index (κ2) is 5.44. The fraction of sp³-hybridized carbons (Fsp3) is 0.308. The van der Waals surface area contributed by atoms with Crippen LogP contribution in [0.15, 0.2) is 24.3 Å². The lowest BCUT2D eigenvalue weighted by atomic mass is 10.1.